The molecule has 1 saturated heterocycles. The van der Waals surface area contributed by atoms with Crippen LogP contribution in [0.3, 0.4) is 0 Å². The summed E-state index contributed by atoms with van der Waals surface area (Å²) in [7, 11) is 0. The van der Waals surface area contributed by atoms with Gasteiger partial charge >= 0.3 is 6.18 Å². The maximum atomic E-state index is 10.5. The van der Waals surface area contributed by atoms with E-state index in [1.807, 2.05) is 0 Å². The first kappa shape index (κ1) is 15.2. The Hall–Kier alpha value is -0.780. The summed E-state index contributed by atoms with van der Waals surface area (Å²) in [5.41, 5.74) is 0. The summed E-state index contributed by atoms with van der Waals surface area (Å²) < 4.78 is 31.5. The minimum Gasteiger partial charge on any atom is -0.542 e. The Kier molecular flexibility index (Phi) is 6.40. The van der Waals surface area contributed by atoms with E-state index < -0.39 is 12.1 Å². The molecule has 0 radical (unpaired) electrons. The number of quaternary nitrogens is 1. The second-order valence-corrected chi connectivity index (χ2v) is 4.33. The van der Waals surface area contributed by atoms with E-state index in [2.05, 4.69) is 19.2 Å². The lowest BCUT2D eigenvalue weighted by atomic mass is 9.97. The summed E-state index contributed by atoms with van der Waals surface area (Å²) in [5.74, 6) is -1.09. The summed E-state index contributed by atoms with van der Waals surface area (Å²) in [6.45, 7) is 7.43. The Balaban J connectivity index is 0.000000293. The first-order valence-corrected chi connectivity index (χ1v) is 5.33. The van der Waals surface area contributed by atoms with Crippen molar-refractivity contribution in [2.75, 3.05) is 13.1 Å². The standard InChI is InChI=1S/C8H17N.C2HF3O2/c1-7-3-4-9-6-8(2)5-7;3-2(4,5)1(6)7/h7-9H,3-6H2,1-2H3;(H,6,7)/t7-,8+;/m0./s1. The molecule has 1 fully saturated rings. The molecule has 16 heavy (non-hydrogen) atoms. The molecule has 3 nitrogen and oxygen atoms in total. The highest BCUT2D eigenvalue weighted by atomic mass is 19.4. The maximum absolute atomic E-state index is 10.5. The molecule has 1 aliphatic heterocycles. The minimum absolute atomic E-state index is 0.947. The zero-order chi connectivity index (χ0) is 12.8. The molecule has 0 aromatic rings. The highest BCUT2D eigenvalue weighted by Gasteiger charge is 2.28. The topological polar surface area (TPSA) is 56.7 Å². The van der Waals surface area contributed by atoms with E-state index in [0.717, 1.165) is 11.8 Å². The average Bonchev–Trinajstić information content (AvgIpc) is 2.28. The van der Waals surface area contributed by atoms with Gasteiger partial charge in [0.1, 0.15) is 5.97 Å². The molecule has 0 aliphatic carbocycles. The van der Waals surface area contributed by atoms with Crippen molar-refractivity contribution in [3.63, 3.8) is 0 Å². The molecule has 6 heteroatoms. The predicted octanol–water partition coefficient (Wildman–Crippen LogP) is -0.0856. The normalized spacial score (nSPS) is 26.3. The van der Waals surface area contributed by atoms with Crippen molar-refractivity contribution in [2.45, 2.75) is 32.9 Å². The van der Waals surface area contributed by atoms with Gasteiger partial charge in [0.05, 0.1) is 13.1 Å². The number of hydrogen-bond acceptors (Lipinski definition) is 2. The van der Waals surface area contributed by atoms with Crippen LogP contribution in [0.2, 0.25) is 0 Å². The van der Waals surface area contributed by atoms with Gasteiger partial charge in [-0.15, -0.1) is 0 Å². The van der Waals surface area contributed by atoms with Crippen LogP contribution >= 0.6 is 0 Å². The van der Waals surface area contributed by atoms with E-state index in [4.69, 9.17) is 9.90 Å². The third kappa shape index (κ3) is 7.50. The number of rotatable bonds is 0. The van der Waals surface area contributed by atoms with Crippen LogP contribution in [0.1, 0.15) is 26.7 Å². The first-order valence-electron chi connectivity index (χ1n) is 5.33. The van der Waals surface area contributed by atoms with E-state index in [-0.39, 0.29) is 0 Å². The van der Waals surface area contributed by atoms with Crippen molar-refractivity contribution in [1.29, 1.82) is 0 Å². The summed E-state index contributed by atoms with van der Waals surface area (Å²) in [6, 6.07) is 0. The predicted molar refractivity (Wildman–Crippen MR) is 50.3 cm³/mol. The Morgan fingerprint density at radius 1 is 1.31 bits per heavy atom. The van der Waals surface area contributed by atoms with Gasteiger partial charge in [-0.25, -0.2) is 0 Å². The van der Waals surface area contributed by atoms with Crippen LogP contribution in [0.25, 0.3) is 0 Å². The van der Waals surface area contributed by atoms with Crippen LogP contribution in [-0.2, 0) is 4.79 Å². The molecule has 1 heterocycles. The number of carbonyl (C=O) groups excluding carboxylic acids is 1. The molecular weight excluding hydrogens is 223 g/mol. The van der Waals surface area contributed by atoms with Gasteiger partial charge in [-0.3, -0.25) is 0 Å². The Morgan fingerprint density at radius 3 is 2.25 bits per heavy atom. The summed E-state index contributed by atoms with van der Waals surface area (Å²) in [5, 5.41) is 11.2. The number of nitrogens with two attached hydrogens (primary N) is 1. The lowest BCUT2D eigenvalue weighted by Gasteiger charge is -2.07. The molecule has 2 atom stereocenters. The van der Waals surface area contributed by atoms with E-state index >= 15 is 0 Å². The van der Waals surface area contributed by atoms with Gasteiger partial charge in [-0.2, -0.15) is 13.2 Å². The first-order chi connectivity index (χ1) is 7.23. The zero-order valence-corrected chi connectivity index (χ0v) is 9.51. The van der Waals surface area contributed by atoms with E-state index in [1.54, 1.807) is 0 Å². The molecule has 2 N–H and O–H groups in total. The van der Waals surface area contributed by atoms with E-state index in [0.29, 0.717) is 0 Å². The van der Waals surface area contributed by atoms with Crippen molar-refractivity contribution in [3.05, 3.63) is 0 Å². The molecule has 0 bridgehead atoms. The van der Waals surface area contributed by atoms with Crippen molar-refractivity contribution >= 4 is 5.97 Å². The highest BCUT2D eigenvalue weighted by molar-refractivity contribution is 5.70. The lowest BCUT2D eigenvalue weighted by Crippen LogP contribution is -2.84. The lowest BCUT2D eigenvalue weighted by molar-refractivity contribution is -0.657. The molecular formula is C10H18F3NO2. The third-order valence-corrected chi connectivity index (χ3v) is 2.47. The van der Waals surface area contributed by atoms with Gasteiger partial charge in [0.2, 0.25) is 0 Å². The number of carbonyl (C=O) groups is 1. The molecule has 1 aliphatic rings. The number of alkyl halides is 3. The number of hydrogen-bond donors (Lipinski definition) is 1. The van der Waals surface area contributed by atoms with Gasteiger partial charge < -0.3 is 15.2 Å². The highest BCUT2D eigenvalue weighted by Crippen LogP contribution is 2.14. The van der Waals surface area contributed by atoms with Crippen LogP contribution in [0.15, 0.2) is 0 Å². The second-order valence-electron chi connectivity index (χ2n) is 4.33. The van der Waals surface area contributed by atoms with Crippen molar-refractivity contribution < 1.29 is 28.4 Å². The number of carboxylic acid groups (broad SMARTS) is 1. The fraction of sp³-hybridized carbons (Fsp3) is 0.900. The zero-order valence-electron chi connectivity index (χ0n) is 9.51. The van der Waals surface area contributed by atoms with Gasteiger partial charge in [0.25, 0.3) is 0 Å². The summed E-state index contributed by atoms with van der Waals surface area (Å²) in [6.07, 6.45) is -2.33. The maximum Gasteiger partial charge on any atom is 0.430 e. The summed E-state index contributed by atoms with van der Waals surface area (Å²) in [4.78, 5) is 8.78. The third-order valence-electron chi connectivity index (χ3n) is 2.47. The fourth-order valence-corrected chi connectivity index (χ4v) is 1.71. The van der Waals surface area contributed by atoms with Gasteiger partial charge in [-0.05, 0) is 18.8 Å². The molecule has 0 aromatic carbocycles. The molecule has 0 spiro atoms. The monoisotopic (exact) mass is 241 g/mol. The molecule has 96 valence electrons. The fourth-order valence-electron chi connectivity index (χ4n) is 1.71. The van der Waals surface area contributed by atoms with Crippen molar-refractivity contribution in [2.24, 2.45) is 11.8 Å². The minimum atomic E-state index is -5.19. The van der Waals surface area contributed by atoms with Gasteiger partial charge in [0.15, 0.2) is 0 Å². The van der Waals surface area contributed by atoms with Crippen LogP contribution < -0.4 is 10.4 Å². The smallest absolute Gasteiger partial charge is 0.430 e. The molecule has 0 amide bonds. The van der Waals surface area contributed by atoms with Crippen LogP contribution in [-0.4, -0.2) is 25.2 Å². The van der Waals surface area contributed by atoms with Crippen molar-refractivity contribution in [3.8, 4) is 0 Å². The molecule has 0 unspecified atom stereocenters. The van der Waals surface area contributed by atoms with Gasteiger partial charge in [-0.1, -0.05) is 13.8 Å². The quantitative estimate of drug-likeness (QED) is 0.644. The van der Waals surface area contributed by atoms with Crippen LogP contribution in [0.5, 0.6) is 0 Å². The number of aliphatic carboxylic acids is 1. The molecule has 1 rings (SSSR count). The largest absolute Gasteiger partial charge is 0.542 e. The molecule has 0 aromatic heterocycles. The van der Waals surface area contributed by atoms with Gasteiger partial charge in [0, 0.05) is 5.92 Å². The van der Waals surface area contributed by atoms with Crippen LogP contribution in [0.4, 0.5) is 13.2 Å². The SMILES string of the molecule is C[C@H]1CC[NH2+]C[C@H](C)C1.O=C([O-])C(F)(F)F. The van der Waals surface area contributed by atoms with Crippen molar-refractivity contribution in [1.82, 2.24) is 0 Å². The number of carboxylic acids is 1. The molecule has 0 saturated carbocycles. The second kappa shape index (κ2) is 6.73. The average molecular weight is 241 g/mol. The van der Waals surface area contributed by atoms with Crippen LogP contribution in [0, 0.1) is 11.8 Å². The Labute approximate surface area is 93.0 Å². The summed E-state index contributed by atoms with van der Waals surface area (Å²) >= 11 is 0. The number of halogens is 3. The van der Waals surface area contributed by atoms with E-state index in [9.17, 15) is 13.2 Å². The Bertz CT molecular complexity index is 209. The Morgan fingerprint density at radius 2 is 1.81 bits per heavy atom. The van der Waals surface area contributed by atoms with E-state index in [1.165, 1.54) is 25.9 Å².